The zero-order valence-electron chi connectivity index (χ0n) is 8.57. The summed E-state index contributed by atoms with van der Waals surface area (Å²) >= 11 is 5.89. The van der Waals surface area contributed by atoms with E-state index >= 15 is 0 Å². The Kier molecular flexibility index (Phi) is 2.19. The Balaban J connectivity index is 2.42. The highest BCUT2D eigenvalue weighted by Gasteiger charge is 2.08. The summed E-state index contributed by atoms with van der Waals surface area (Å²) in [7, 11) is 0. The molecule has 6 heteroatoms. The van der Waals surface area contributed by atoms with E-state index in [4.69, 9.17) is 11.6 Å². The lowest BCUT2D eigenvalue weighted by Gasteiger charge is -2.03. The van der Waals surface area contributed by atoms with Gasteiger partial charge in [0.25, 0.3) is 0 Å². The molecule has 2 aromatic heterocycles. The van der Waals surface area contributed by atoms with Crippen LogP contribution in [0.3, 0.4) is 0 Å². The standard InChI is InChI=1S/C11H7ClN4O/c12-6-1-2-7-9(5-6)14-11(17)15-10(7)8-3-4-13-16-8/h1-5H,(H,13,16)(H,14,15,17). The van der Waals surface area contributed by atoms with Crippen molar-refractivity contribution in [3.8, 4) is 11.4 Å². The van der Waals surface area contributed by atoms with Crippen LogP contribution in [0.15, 0.2) is 35.3 Å². The third kappa shape index (κ3) is 1.70. The largest absolute Gasteiger partial charge is 0.346 e. The predicted octanol–water partition coefficient (Wildman–Crippen LogP) is 1.97. The molecule has 2 N–H and O–H groups in total. The van der Waals surface area contributed by atoms with Crippen LogP contribution in [0.5, 0.6) is 0 Å². The van der Waals surface area contributed by atoms with Crippen molar-refractivity contribution in [2.75, 3.05) is 0 Å². The number of H-pyrrole nitrogens is 2. The number of nitrogens with zero attached hydrogens (tertiary/aromatic N) is 2. The molecule has 0 bridgehead atoms. The minimum absolute atomic E-state index is 0.413. The van der Waals surface area contributed by atoms with Gasteiger partial charge in [-0.2, -0.15) is 10.1 Å². The molecule has 0 saturated heterocycles. The van der Waals surface area contributed by atoms with E-state index < -0.39 is 5.69 Å². The van der Waals surface area contributed by atoms with Crippen LogP contribution in [0, 0.1) is 0 Å². The van der Waals surface area contributed by atoms with Gasteiger partial charge in [0.05, 0.1) is 11.2 Å². The highest BCUT2D eigenvalue weighted by molar-refractivity contribution is 6.31. The minimum atomic E-state index is -0.413. The molecule has 0 atom stereocenters. The summed E-state index contributed by atoms with van der Waals surface area (Å²) in [5.74, 6) is 0. The van der Waals surface area contributed by atoms with Crippen LogP contribution in [0.2, 0.25) is 5.02 Å². The van der Waals surface area contributed by atoms with Crippen molar-refractivity contribution < 1.29 is 0 Å². The summed E-state index contributed by atoms with van der Waals surface area (Å²) in [6.45, 7) is 0. The summed E-state index contributed by atoms with van der Waals surface area (Å²) in [6, 6.07) is 7.02. The molecule has 0 aliphatic rings. The normalized spacial score (nSPS) is 10.9. The van der Waals surface area contributed by atoms with Crippen molar-refractivity contribution in [3.05, 3.63) is 46.0 Å². The van der Waals surface area contributed by atoms with Gasteiger partial charge >= 0.3 is 5.69 Å². The van der Waals surface area contributed by atoms with E-state index in [0.717, 1.165) is 5.39 Å². The first-order valence-electron chi connectivity index (χ1n) is 4.93. The topological polar surface area (TPSA) is 74.4 Å². The van der Waals surface area contributed by atoms with Gasteiger partial charge in [0.2, 0.25) is 0 Å². The van der Waals surface area contributed by atoms with Gasteiger partial charge < -0.3 is 4.98 Å². The van der Waals surface area contributed by atoms with Gasteiger partial charge in [0.1, 0.15) is 5.69 Å². The first-order chi connectivity index (χ1) is 8.24. The quantitative estimate of drug-likeness (QED) is 0.689. The second-order valence-electron chi connectivity index (χ2n) is 3.55. The first-order valence-corrected chi connectivity index (χ1v) is 5.31. The molecular weight excluding hydrogens is 240 g/mol. The number of rotatable bonds is 1. The van der Waals surface area contributed by atoms with Gasteiger partial charge in [0.15, 0.2) is 0 Å². The Labute approximate surface area is 100 Å². The average Bonchev–Trinajstić information content (AvgIpc) is 2.80. The van der Waals surface area contributed by atoms with Gasteiger partial charge in [-0.05, 0) is 24.3 Å². The molecule has 1 aromatic carbocycles. The van der Waals surface area contributed by atoms with Gasteiger partial charge in [0, 0.05) is 16.6 Å². The van der Waals surface area contributed by atoms with Gasteiger partial charge in [-0.3, -0.25) is 5.10 Å². The Morgan fingerprint density at radius 2 is 2.12 bits per heavy atom. The number of aromatic amines is 2. The highest BCUT2D eigenvalue weighted by atomic mass is 35.5. The van der Waals surface area contributed by atoms with E-state index in [-0.39, 0.29) is 0 Å². The molecule has 3 aromatic rings. The maximum atomic E-state index is 11.5. The summed E-state index contributed by atoms with van der Waals surface area (Å²) in [5, 5.41) is 8.02. The molecule has 0 aliphatic carbocycles. The lowest BCUT2D eigenvalue weighted by Crippen LogP contribution is -2.11. The summed E-state index contributed by atoms with van der Waals surface area (Å²) in [5.41, 5.74) is 1.51. The molecular formula is C11H7ClN4O. The van der Waals surface area contributed by atoms with Crippen LogP contribution in [-0.4, -0.2) is 20.2 Å². The van der Waals surface area contributed by atoms with Gasteiger partial charge in [-0.1, -0.05) is 11.6 Å². The molecule has 3 rings (SSSR count). The third-order valence-corrected chi connectivity index (χ3v) is 2.68. The molecule has 0 amide bonds. The number of benzene rings is 1. The smallest absolute Gasteiger partial charge is 0.305 e. The fourth-order valence-electron chi connectivity index (χ4n) is 1.72. The van der Waals surface area contributed by atoms with Crippen molar-refractivity contribution in [3.63, 3.8) is 0 Å². The van der Waals surface area contributed by atoms with Crippen molar-refractivity contribution in [2.45, 2.75) is 0 Å². The second-order valence-corrected chi connectivity index (χ2v) is 3.99. The van der Waals surface area contributed by atoms with Crippen LogP contribution in [0.1, 0.15) is 0 Å². The first kappa shape index (κ1) is 10.0. The number of aromatic nitrogens is 4. The van der Waals surface area contributed by atoms with E-state index in [2.05, 4.69) is 20.2 Å². The molecule has 0 unspecified atom stereocenters. The van der Waals surface area contributed by atoms with E-state index in [1.807, 2.05) is 6.07 Å². The summed E-state index contributed by atoms with van der Waals surface area (Å²) < 4.78 is 0. The number of hydrogen-bond donors (Lipinski definition) is 2. The molecule has 84 valence electrons. The molecule has 0 aliphatic heterocycles. The predicted molar refractivity (Wildman–Crippen MR) is 65.0 cm³/mol. The molecule has 0 radical (unpaired) electrons. The van der Waals surface area contributed by atoms with E-state index in [1.54, 1.807) is 24.4 Å². The summed E-state index contributed by atoms with van der Waals surface area (Å²) in [6.07, 6.45) is 1.61. The monoisotopic (exact) mass is 246 g/mol. The third-order valence-electron chi connectivity index (χ3n) is 2.45. The van der Waals surface area contributed by atoms with Crippen molar-refractivity contribution >= 4 is 22.5 Å². The van der Waals surface area contributed by atoms with Gasteiger partial charge in [-0.25, -0.2) is 4.79 Å². The van der Waals surface area contributed by atoms with E-state index in [1.165, 1.54) is 0 Å². The Hall–Kier alpha value is -2.14. The maximum absolute atomic E-state index is 11.5. The van der Waals surface area contributed by atoms with E-state index in [9.17, 15) is 4.79 Å². The SMILES string of the molecule is O=c1nc(-c2ccn[nH]2)c2ccc(Cl)cc2[nH]1. The lowest BCUT2D eigenvalue weighted by molar-refractivity contribution is 1.07. The second kappa shape index (κ2) is 3.71. The molecule has 0 fully saturated rings. The molecule has 5 nitrogen and oxygen atoms in total. The maximum Gasteiger partial charge on any atom is 0.346 e. The highest BCUT2D eigenvalue weighted by Crippen LogP contribution is 2.24. The minimum Gasteiger partial charge on any atom is -0.305 e. The Morgan fingerprint density at radius 1 is 1.24 bits per heavy atom. The molecule has 0 saturated carbocycles. The van der Waals surface area contributed by atoms with Crippen molar-refractivity contribution in [2.24, 2.45) is 0 Å². The molecule has 17 heavy (non-hydrogen) atoms. The van der Waals surface area contributed by atoms with Crippen molar-refractivity contribution in [1.29, 1.82) is 0 Å². The van der Waals surface area contributed by atoms with E-state index in [0.29, 0.717) is 21.9 Å². The van der Waals surface area contributed by atoms with Crippen LogP contribution in [0.4, 0.5) is 0 Å². The average molecular weight is 247 g/mol. The van der Waals surface area contributed by atoms with Crippen molar-refractivity contribution in [1.82, 2.24) is 20.2 Å². The molecule has 2 heterocycles. The fraction of sp³-hybridized carbons (Fsp3) is 0. The Morgan fingerprint density at radius 3 is 2.88 bits per heavy atom. The zero-order valence-corrected chi connectivity index (χ0v) is 9.32. The zero-order chi connectivity index (χ0) is 11.8. The lowest BCUT2D eigenvalue weighted by atomic mass is 10.1. The van der Waals surface area contributed by atoms with Gasteiger partial charge in [-0.15, -0.1) is 0 Å². The molecule has 0 spiro atoms. The van der Waals surface area contributed by atoms with Crippen LogP contribution in [0.25, 0.3) is 22.3 Å². The number of fused-ring (bicyclic) bond motifs is 1. The summed E-state index contributed by atoms with van der Waals surface area (Å²) in [4.78, 5) is 18.1. The number of nitrogens with one attached hydrogen (secondary N) is 2. The van der Waals surface area contributed by atoms with Crippen LogP contribution >= 0.6 is 11.6 Å². The van der Waals surface area contributed by atoms with Crippen LogP contribution in [-0.2, 0) is 0 Å². The number of halogens is 1. The fourth-order valence-corrected chi connectivity index (χ4v) is 1.90. The number of hydrogen-bond acceptors (Lipinski definition) is 3. The van der Waals surface area contributed by atoms with Crippen LogP contribution < -0.4 is 5.69 Å². The Bertz CT molecular complexity index is 733.